The summed E-state index contributed by atoms with van der Waals surface area (Å²) >= 11 is 0. The molecule has 0 spiro atoms. The predicted octanol–water partition coefficient (Wildman–Crippen LogP) is 8.13. The van der Waals surface area contributed by atoms with Crippen LogP contribution in [0.1, 0.15) is 48.6 Å². The van der Waals surface area contributed by atoms with E-state index < -0.39 is 7.92 Å². The number of benzene rings is 4. The summed E-state index contributed by atoms with van der Waals surface area (Å²) in [7, 11) is 4.38. The van der Waals surface area contributed by atoms with Gasteiger partial charge in [-0.25, -0.2) is 0 Å². The smallest absolute Gasteiger partial charge is 0.131 e. The van der Waals surface area contributed by atoms with E-state index in [0.29, 0.717) is 0 Å². The molecule has 0 aliphatic heterocycles. The van der Waals surface area contributed by atoms with Crippen molar-refractivity contribution < 1.29 is 14.2 Å². The first-order valence-electron chi connectivity index (χ1n) is 13.4. The molecule has 0 saturated heterocycles. The Morgan fingerprint density at radius 2 is 1.28 bits per heavy atom. The quantitative estimate of drug-likeness (QED) is 0.211. The topological polar surface area (TPSA) is 27.7 Å². The van der Waals surface area contributed by atoms with E-state index >= 15 is 0 Å². The normalized spacial score (nSPS) is 12.2. The molecule has 39 heavy (non-hydrogen) atoms. The average molecular weight is 541 g/mol. The summed E-state index contributed by atoms with van der Waals surface area (Å²) in [5.41, 5.74) is 8.36. The Labute approximate surface area is 235 Å². The van der Waals surface area contributed by atoms with Crippen molar-refractivity contribution in [2.45, 2.75) is 53.1 Å². The molecule has 0 heterocycles. The molecule has 4 heteroatoms. The maximum absolute atomic E-state index is 6.40. The van der Waals surface area contributed by atoms with Gasteiger partial charge in [-0.3, -0.25) is 0 Å². The van der Waals surface area contributed by atoms with E-state index in [0.717, 1.165) is 34.8 Å². The fourth-order valence-corrected chi connectivity index (χ4v) is 8.56. The first-order chi connectivity index (χ1) is 18.6. The van der Waals surface area contributed by atoms with Crippen LogP contribution in [0.2, 0.25) is 0 Å². The molecule has 0 aliphatic carbocycles. The van der Waals surface area contributed by atoms with E-state index in [1.807, 2.05) is 6.07 Å². The number of hydrogen-bond acceptors (Lipinski definition) is 3. The maximum Gasteiger partial charge on any atom is 0.131 e. The molecule has 204 valence electrons. The van der Waals surface area contributed by atoms with Crippen molar-refractivity contribution >= 4 is 18.5 Å². The minimum Gasteiger partial charge on any atom is -0.496 e. The third-order valence-corrected chi connectivity index (χ3v) is 10.3. The lowest BCUT2D eigenvalue weighted by Crippen LogP contribution is -2.30. The molecule has 0 radical (unpaired) electrons. The molecule has 4 aromatic carbocycles. The van der Waals surface area contributed by atoms with Crippen molar-refractivity contribution in [3.8, 4) is 28.4 Å². The largest absolute Gasteiger partial charge is 0.496 e. The van der Waals surface area contributed by atoms with Crippen LogP contribution in [-0.2, 0) is 6.42 Å². The zero-order chi connectivity index (χ0) is 28.3. The maximum atomic E-state index is 6.40. The van der Waals surface area contributed by atoms with Gasteiger partial charge < -0.3 is 14.2 Å². The Bertz CT molecular complexity index is 1430. The van der Waals surface area contributed by atoms with Gasteiger partial charge in [-0.2, -0.15) is 0 Å². The van der Waals surface area contributed by atoms with Crippen molar-refractivity contribution in [3.05, 3.63) is 101 Å². The van der Waals surface area contributed by atoms with Gasteiger partial charge in [-0.1, -0.05) is 87.0 Å². The van der Waals surface area contributed by atoms with Gasteiger partial charge >= 0.3 is 0 Å². The second kappa shape index (κ2) is 11.8. The number of ether oxygens (including phenoxy) is 3. The summed E-state index contributed by atoms with van der Waals surface area (Å²) in [4.78, 5) is 0. The third kappa shape index (κ3) is 5.85. The molecule has 0 aromatic heterocycles. The van der Waals surface area contributed by atoms with Gasteiger partial charge in [0.15, 0.2) is 0 Å². The molecular weight excluding hydrogens is 499 g/mol. The van der Waals surface area contributed by atoms with Crippen molar-refractivity contribution in [3.63, 3.8) is 0 Å². The third-order valence-electron chi connectivity index (χ3n) is 7.19. The Morgan fingerprint density at radius 1 is 0.667 bits per heavy atom. The van der Waals surface area contributed by atoms with Gasteiger partial charge in [0.25, 0.3) is 0 Å². The van der Waals surface area contributed by atoms with E-state index in [1.165, 1.54) is 38.4 Å². The number of para-hydroxylation sites is 1. The van der Waals surface area contributed by atoms with E-state index in [-0.39, 0.29) is 5.16 Å². The van der Waals surface area contributed by atoms with Gasteiger partial charge in [0.2, 0.25) is 0 Å². The number of aryl methyl sites for hydroxylation is 3. The van der Waals surface area contributed by atoms with Crippen molar-refractivity contribution in [2.75, 3.05) is 21.3 Å². The minimum absolute atomic E-state index is 0.101. The summed E-state index contributed by atoms with van der Waals surface area (Å²) in [6.07, 6.45) is 0.749. The highest BCUT2D eigenvalue weighted by atomic mass is 31.1. The van der Waals surface area contributed by atoms with Crippen molar-refractivity contribution in [1.82, 2.24) is 0 Å². The van der Waals surface area contributed by atoms with Crippen LogP contribution in [0.15, 0.2) is 72.8 Å². The highest BCUT2D eigenvalue weighted by Gasteiger charge is 2.37. The molecule has 0 saturated carbocycles. The highest BCUT2D eigenvalue weighted by Crippen LogP contribution is 2.56. The lowest BCUT2D eigenvalue weighted by atomic mass is 9.92. The number of methoxy groups -OCH3 is 3. The van der Waals surface area contributed by atoms with Gasteiger partial charge in [-0.15, -0.1) is 0 Å². The van der Waals surface area contributed by atoms with Gasteiger partial charge in [0.05, 0.1) is 21.3 Å². The van der Waals surface area contributed by atoms with Crippen molar-refractivity contribution in [2.24, 2.45) is 0 Å². The lowest BCUT2D eigenvalue weighted by Gasteiger charge is -2.37. The van der Waals surface area contributed by atoms with E-state index in [9.17, 15) is 0 Å². The Kier molecular flexibility index (Phi) is 8.72. The SMILES string of the molecule is COc1ccccc1P(c1c(OC)c(Cc2ccc(C)cc2)cc(OC)c1-c1c(C)cccc1C)C(C)(C)C. The van der Waals surface area contributed by atoms with Crippen LogP contribution in [0.5, 0.6) is 17.2 Å². The second-order valence-electron chi connectivity index (χ2n) is 11.1. The van der Waals surface area contributed by atoms with E-state index in [4.69, 9.17) is 14.2 Å². The minimum atomic E-state index is -0.962. The molecule has 4 aromatic rings. The fourth-order valence-electron chi connectivity index (χ4n) is 5.42. The monoisotopic (exact) mass is 540 g/mol. The lowest BCUT2D eigenvalue weighted by molar-refractivity contribution is 0.403. The van der Waals surface area contributed by atoms with Gasteiger partial charge in [-0.05, 0) is 68.2 Å². The first kappa shape index (κ1) is 28.7. The zero-order valence-electron chi connectivity index (χ0n) is 24.8. The van der Waals surface area contributed by atoms with E-state index in [2.05, 4.69) is 108 Å². The van der Waals surface area contributed by atoms with Crippen molar-refractivity contribution in [1.29, 1.82) is 0 Å². The standard InChI is InChI=1S/C35H41O3P/c1-23-17-19-26(20-18-23)21-27-22-29(37-8)32(31-24(2)13-12-14-25(31)3)34(33(27)38-9)39(35(4,5)6)30-16-11-10-15-28(30)36-7/h10-20,22H,21H2,1-9H3. The summed E-state index contributed by atoms with van der Waals surface area (Å²) in [5, 5.41) is 2.29. The van der Waals surface area contributed by atoms with Crippen LogP contribution in [-0.4, -0.2) is 26.5 Å². The Balaban J connectivity index is 2.16. The van der Waals surface area contributed by atoms with Crippen LogP contribution in [0.3, 0.4) is 0 Å². The van der Waals surface area contributed by atoms with Crippen LogP contribution < -0.4 is 24.8 Å². The molecule has 0 aliphatic rings. The molecule has 1 atom stereocenters. The molecule has 0 amide bonds. The predicted molar refractivity (Wildman–Crippen MR) is 167 cm³/mol. The summed E-state index contributed by atoms with van der Waals surface area (Å²) in [5.74, 6) is 2.70. The van der Waals surface area contributed by atoms with Crippen LogP contribution in [0.4, 0.5) is 0 Å². The molecule has 0 fully saturated rings. The molecular formula is C35H41O3P. The summed E-state index contributed by atoms with van der Waals surface area (Å²) < 4.78 is 18.6. The van der Waals surface area contributed by atoms with E-state index in [1.54, 1.807) is 21.3 Å². The number of hydrogen-bond donors (Lipinski definition) is 0. The van der Waals surface area contributed by atoms with Gasteiger partial charge in [0, 0.05) is 28.2 Å². The molecule has 1 unspecified atom stereocenters. The summed E-state index contributed by atoms with van der Waals surface area (Å²) in [6.45, 7) is 13.4. The van der Waals surface area contributed by atoms with Crippen LogP contribution >= 0.6 is 7.92 Å². The Hall–Kier alpha value is -3.29. The van der Waals surface area contributed by atoms with Crippen LogP contribution in [0.25, 0.3) is 11.1 Å². The number of rotatable bonds is 8. The molecule has 3 nitrogen and oxygen atoms in total. The zero-order valence-corrected chi connectivity index (χ0v) is 25.7. The van der Waals surface area contributed by atoms with Crippen LogP contribution in [0, 0.1) is 20.8 Å². The van der Waals surface area contributed by atoms with Gasteiger partial charge in [0.1, 0.15) is 17.2 Å². The Morgan fingerprint density at radius 3 is 1.85 bits per heavy atom. The fraction of sp³-hybridized carbons (Fsp3) is 0.314. The highest BCUT2D eigenvalue weighted by molar-refractivity contribution is 7.75. The molecule has 4 rings (SSSR count). The summed E-state index contributed by atoms with van der Waals surface area (Å²) in [6, 6.07) is 25.8. The second-order valence-corrected chi connectivity index (χ2v) is 14.0. The molecule has 0 bridgehead atoms. The first-order valence-corrected chi connectivity index (χ1v) is 14.8. The average Bonchev–Trinajstić information content (AvgIpc) is 2.90. The molecule has 0 N–H and O–H groups in total.